The smallest absolute Gasteiger partial charge is 0.260 e. The monoisotopic (exact) mass is 1010 g/mol. The number of aryl methyl sites for hydroxylation is 1. The van der Waals surface area contributed by atoms with Gasteiger partial charge < -0.3 is 14.8 Å². The zero-order valence-electron chi connectivity index (χ0n) is 42.6. The maximum absolute atomic E-state index is 16.0. The summed E-state index contributed by atoms with van der Waals surface area (Å²) in [7, 11) is 1.96. The summed E-state index contributed by atoms with van der Waals surface area (Å²) < 4.78 is 51.5. The molecule has 6 aliphatic rings. The lowest BCUT2D eigenvalue weighted by atomic mass is 9.85. The Hall–Kier alpha value is -6.63. The highest BCUT2D eigenvalue weighted by atomic mass is 19.1. The van der Waals surface area contributed by atoms with E-state index in [0.29, 0.717) is 87.0 Å². The largest absolute Gasteiger partial charge is 0.384 e. The Balaban J connectivity index is 0.679. The van der Waals surface area contributed by atoms with E-state index in [-0.39, 0.29) is 59.3 Å². The third-order valence-corrected chi connectivity index (χ3v) is 16.9. The number of piperazine rings is 1. The summed E-state index contributed by atoms with van der Waals surface area (Å²) in [6.45, 7) is 14.0. The molecule has 5 aromatic rings. The minimum absolute atomic E-state index is 0.00258. The number of piperidine rings is 2. The van der Waals surface area contributed by atoms with E-state index < -0.39 is 34.8 Å². The van der Waals surface area contributed by atoms with Crippen molar-refractivity contribution in [1.82, 2.24) is 39.0 Å². The molecule has 11 rings (SSSR count). The molecule has 74 heavy (non-hydrogen) atoms. The van der Waals surface area contributed by atoms with Gasteiger partial charge in [-0.1, -0.05) is 6.08 Å². The quantitative estimate of drug-likeness (QED) is 0.150. The SMILES string of the molecule is C[C@H]1CN(Cc2cc3c(cc2F)N(C2CCC(=O)NC2=O)C(=O)C3(C)C)CCN1CC1CCN(C(=O)c2cc(F)c(C3=CCN([C@@H](C)c4cc5c(-n6ccc7c(c6=O)CCN7)ccnc5n4C)CC3)c(F)c2)CC1. The summed E-state index contributed by atoms with van der Waals surface area (Å²) in [4.78, 5) is 80.1. The summed E-state index contributed by atoms with van der Waals surface area (Å²) in [5.74, 6) is -3.21. The molecule has 3 aromatic heterocycles. The van der Waals surface area contributed by atoms with Gasteiger partial charge in [0.05, 0.1) is 16.8 Å². The van der Waals surface area contributed by atoms with Crippen LogP contribution in [-0.4, -0.2) is 128 Å². The summed E-state index contributed by atoms with van der Waals surface area (Å²) in [6.07, 6.45) is 8.32. The lowest BCUT2D eigenvalue weighted by Crippen LogP contribution is -2.55. The first-order chi connectivity index (χ1) is 35.5. The number of aromatic nitrogens is 3. The molecule has 388 valence electrons. The van der Waals surface area contributed by atoms with Gasteiger partial charge in [-0.3, -0.25) is 53.5 Å². The second kappa shape index (κ2) is 19.3. The molecular formula is C56H63F3N10O5. The van der Waals surface area contributed by atoms with E-state index in [2.05, 4.69) is 50.2 Å². The fourth-order valence-corrected chi connectivity index (χ4v) is 12.5. The average Bonchev–Trinajstić information content (AvgIpc) is 4.05. The number of likely N-dealkylation sites (tertiary alicyclic amines) is 1. The maximum Gasteiger partial charge on any atom is 0.260 e. The van der Waals surface area contributed by atoms with E-state index in [1.807, 2.05) is 29.8 Å². The topological polar surface area (TPSA) is 148 Å². The van der Waals surface area contributed by atoms with Crippen molar-refractivity contribution in [2.24, 2.45) is 13.0 Å². The van der Waals surface area contributed by atoms with Gasteiger partial charge in [0.25, 0.3) is 11.5 Å². The highest BCUT2D eigenvalue weighted by Gasteiger charge is 2.50. The number of amides is 4. The molecule has 3 atom stereocenters. The molecule has 0 bridgehead atoms. The van der Waals surface area contributed by atoms with Gasteiger partial charge in [-0.15, -0.1) is 0 Å². The molecule has 6 aliphatic heterocycles. The minimum Gasteiger partial charge on any atom is -0.384 e. The molecule has 0 saturated carbocycles. The number of carbonyl (C=O) groups is 4. The predicted molar refractivity (Wildman–Crippen MR) is 275 cm³/mol. The van der Waals surface area contributed by atoms with Crippen LogP contribution < -0.4 is 21.1 Å². The van der Waals surface area contributed by atoms with Gasteiger partial charge in [0, 0.05) is 142 Å². The number of imide groups is 1. The molecule has 15 nitrogen and oxygen atoms in total. The van der Waals surface area contributed by atoms with Crippen LogP contribution >= 0.6 is 0 Å². The van der Waals surface area contributed by atoms with Gasteiger partial charge in [-0.2, -0.15) is 0 Å². The first kappa shape index (κ1) is 49.6. The number of nitrogens with zero attached hydrogens (tertiary/aromatic N) is 8. The summed E-state index contributed by atoms with van der Waals surface area (Å²) in [5, 5.41) is 6.45. The van der Waals surface area contributed by atoms with Crippen LogP contribution in [0.2, 0.25) is 0 Å². The Morgan fingerprint density at radius 1 is 0.892 bits per heavy atom. The van der Waals surface area contributed by atoms with Crippen molar-refractivity contribution in [3.63, 3.8) is 0 Å². The Morgan fingerprint density at radius 2 is 1.66 bits per heavy atom. The molecule has 0 aliphatic carbocycles. The third kappa shape index (κ3) is 8.71. The number of hydrogen-bond acceptors (Lipinski definition) is 10. The van der Waals surface area contributed by atoms with Crippen LogP contribution in [0.4, 0.5) is 24.5 Å². The van der Waals surface area contributed by atoms with Crippen molar-refractivity contribution in [2.45, 2.75) is 96.3 Å². The lowest BCUT2D eigenvalue weighted by molar-refractivity contribution is -0.136. The zero-order chi connectivity index (χ0) is 51.9. The number of carbonyl (C=O) groups excluding carboxylic acids is 4. The highest BCUT2D eigenvalue weighted by Crippen LogP contribution is 2.45. The van der Waals surface area contributed by atoms with Gasteiger partial charge >= 0.3 is 0 Å². The Labute approximate surface area is 428 Å². The molecule has 3 saturated heterocycles. The molecular weight excluding hydrogens is 950 g/mol. The normalized spacial score (nSPS) is 22.2. The highest BCUT2D eigenvalue weighted by molar-refractivity contribution is 6.13. The number of rotatable bonds is 10. The molecule has 2 aromatic carbocycles. The fraction of sp³-hybridized carbons (Fsp3) is 0.464. The zero-order valence-corrected chi connectivity index (χ0v) is 42.6. The van der Waals surface area contributed by atoms with Crippen LogP contribution in [0.15, 0.2) is 65.7 Å². The molecule has 1 unspecified atom stereocenters. The minimum atomic E-state index is -0.972. The van der Waals surface area contributed by atoms with Gasteiger partial charge in [0.2, 0.25) is 17.7 Å². The van der Waals surface area contributed by atoms with E-state index >= 15 is 13.2 Å². The summed E-state index contributed by atoms with van der Waals surface area (Å²) in [6, 6.07) is 10.6. The van der Waals surface area contributed by atoms with Gasteiger partial charge in [0.15, 0.2) is 0 Å². The van der Waals surface area contributed by atoms with E-state index in [0.717, 1.165) is 66.1 Å². The van der Waals surface area contributed by atoms with Crippen LogP contribution in [0.1, 0.15) is 104 Å². The number of halogens is 3. The van der Waals surface area contributed by atoms with Crippen molar-refractivity contribution in [1.29, 1.82) is 0 Å². The molecule has 0 radical (unpaired) electrons. The number of anilines is 2. The molecule has 0 spiro atoms. The van der Waals surface area contributed by atoms with E-state index in [1.165, 1.54) is 23.1 Å². The number of hydrogen-bond donors (Lipinski definition) is 2. The van der Waals surface area contributed by atoms with Crippen molar-refractivity contribution in [2.75, 3.05) is 69.1 Å². The average molecular weight is 1010 g/mol. The fourth-order valence-electron chi connectivity index (χ4n) is 12.5. The number of pyridine rings is 2. The van der Waals surface area contributed by atoms with Crippen LogP contribution in [0.25, 0.3) is 22.3 Å². The molecule has 4 amide bonds. The number of nitrogens with one attached hydrogen (secondary N) is 2. The van der Waals surface area contributed by atoms with Gasteiger partial charge in [-0.25, -0.2) is 18.2 Å². The van der Waals surface area contributed by atoms with Crippen LogP contribution in [-0.2, 0) is 39.8 Å². The second-order valence-electron chi connectivity index (χ2n) is 21.8. The Morgan fingerprint density at radius 3 is 2.38 bits per heavy atom. The van der Waals surface area contributed by atoms with Gasteiger partial charge in [0.1, 0.15) is 29.1 Å². The summed E-state index contributed by atoms with van der Waals surface area (Å²) in [5.41, 5.74) is 5.19. The molecule has 3 fully saturated rings. The van der Waals surface area contributed by atoms with Gasteiger partial charge in [-0.05, 0) is 119 Å². The van der Waals surface area contributed by atoms with Crippen molar-refractivity contribution in [3.8, 4) is 5.69 Å². The summed E-state index contributed by atoms with van der Waals surface area (Å²) >= 11 is 0. The first-order valence-corrected chi connectivity index (χ1v) is 26.1. The Kier molecular flexibility index (Phi) is 12.9. The van der Waals surface area contributed by atoms with Crippen molar-refractivity contribution in [3.05, 3.63) is 122 Å². The van der Waals surface area contributed by atoms with E-state index in [9.17, 15) is 24.0 Å². The van der Waals surface area contributed by atoms with Crippen LogP contribution in [0, 0.1) is 23.4 Å². The van der Waals surface area contributed by atoms with Crippen LogP contribution in [0.3, 0.4) is 0 Å². The van der Waals surface area contributed by atoms with Crippen molar-refractivity contribution >= 4 is 51.6 Å². The Bertz CT molecular complexity index is 3210. The third-order valence-electron chi connectivity index (χ3n) is 16.9. The predicted octanol–water partition coefficient (Wildman–Crippen LogP) is 6.45. The molecule has 9 heterocycles. The maximum atomic E-state index is 16.0. The van der Waals surface area contributed by atoms with Crippen molar-refractivity contribution < 1.29 is 32.3 Å². The second-order valence-corrected chi connectivity index (χ2v) is 21.8. The number of benzene rings is 2. The molecule has 2 N–H and O–H groups in total. The van der Waals surface area contributed by atoms with Crippen LogP contribution in [0.5, 0.6) is 0 Å². The van der Waals surface area contributed by atoms with E-state index in [1.54, 1.807) is 41.8 Å². The lowest BCUT2D eigenvalue weighted by Gasteiger charge is -2.42. The van der Waals surface area contributed by atoms with E-state index in [4.69, 9.17) is 0 Å². The number of fused-ring (bicyclic) bond motifs is 3. The standard InChI is InChI=1S/C56H63F3N10O5/c1-32-29-64(31-37-24-40-48(28-41(37)57)69(55(74)56(40,3)4)46-6-7-49(70)62-52(46)71)22-23-67(32)30-34-10-17-66(18-11-34)53(72)36-25-42(58)50(43(59)26-36)35-12-19-65(20-13-35)33(2)47-27-39-45(9-16-61-51(39)63(47)5)68-21-14-44-38(54(68)73)8-15-60-44/h9,12,14,16,21,24-28,32-34,46,60H,6-8,10-11,13,15,17-20,22-23,29-31H2,1-5H3,(H,62,70,71)/t32-,33-,46?/m0/s1. The molecule has 18 heteroatoms. The first-order valence-electron chi connectivity index (χ1n) is 26.1.